The van der Waals surface area contributed by atoms with Crippen molar-refractivity contribution in [2.45, 2.75) is 19.3 Å². The Morgan fingerprint density at radius 2 is 2.00 bits per heavy atom. The Balaban J connectivity index is 2.14. The molecule has 0 bridgehead atoms. The molecule has 1 aliphatic rings. The maximum atomic E-state index is 13.8. The number of nitrogens with one attached hydrogen (secondary N) is 1. The van der Waals surface area contributed by atoms with Crippen LogP contribution in [0.25, 0.3) is 0 Å². The van der Waals surface area contributed by atoms with Crippen molar-refractivity contribution in [2.75, 3.05) is 24.4 Å². The van der Waals surface area contributed by atoms with E-state index in [1.54, 1.807) is 0 Å². The van der Waals surface area contributed by atoms with Gasteiger partial charge in [0, 0.05) is 13.1 Å². The summed E-state index contributed by atoms with van der Waals surface area (Å²) in [6.45, 7) is 0.610. The molecular formula is C14H17FN2O3S. The molecule has 0 aliphatic carbocycles. The number of hydrogen-bond donors (Lipinski definition) is 2. The minimum absolute atomic E-state index is 0.116. The molecule has 0 radical (unpaired) electrons. The highest BCUT2D eigenvalue weighted by molar-refractivity contribution is 7.90. The fourth-order valence-electron chi connectivity index (χ4n) is 2.13. The van der Waals surface area contributed by atoms with Crippen molar-refractivity contribution < 1.29 is 17.9 Å². The molecule has 0 unspecified atom stereocenters. The van der Waals surface area contributed by atoms with Gasteiger partial charge in [0.05, 0.1) is 11.3 Å². The Labute approximate surface area is 124 Å². The average Bonchev–Trinajstić information content (AvgIpc) is 2.47. The number of halogens is 1. The highest BCUT2D eigenvalue weighted by Crippen LogP contribution is 2.18. The first-order valence-electron chi connectivity index (χ1n) is 6.70. The van der Waals surface area contributed by atoms with Crippen LogP contribution in [0.5, 0.6) is 0 Å². The lowest BCUT2D eigenvalue weighted by Crippen LogP contribution is -2.39. The van der Waals surface area contributed by atoms with Crippen LogP contribution in [-0.4, -0.2) is 37.5 Å². The molecule has 1 aromatic rings. The van der Waals surface area contributed by atoms with Gasteiger partial charge < -0.3 is 5.11 Å². The van der Waals surface area contributed by atoms with Gasteiger partial charge in [0.2, 0.25) is 0 Å². The lowest BCUT2D eigenvalue weighted by molar-refractivity contribution is 0.349. The van der Waals surface area contributed by atoms with E-state index >= 15 is 0 Å². The molecule has 1 heterocycles. The van der Waals surface area contributed by atoms with Crippen LogP contribution in [0.2, 0.25) is 0 Å². The number of aliphatic hydroxyl groups is 1. The number of piperidine rings is 1. The molecule has 1 aromatic carbocycles. The highest BCUT2D eigenvalue weighted by atomic mass is 32.2. The van der Waals surface area contributed by atoms with Crippen molar-refractivity contribution in [1.82, 2.24) is 4.31 Å². The summed E-state index contributed by atoms with van der Waals surface area (Å²) in [6, 6.07) is 3.92. The summed E-state index contributed by atoms with van der Waals surface area (Å²) in [5.74, 6) is 4.17. The van der Waals surface area contributed by atoms with E-state index in [4.69, 9.17) is 5.11 Å². The van der Waals surface area contributed by atoms with E-state index in [1.165, 1.54) is 16.4 Å². The van der Waals surface area contributed by atoms with Crippen molar-refractivity contribution in [3.63, 3.8) is 0 Å². The molecule has 2 N–H and O–H groups in total. The molecule has 1 fully saturated rings. The van der Waals surface area contributed by atoms with Crippen LogP contribution in [-0.2, 0) is 10.2 Å². The van der Waals surface area contributed by atoms with Gasteiger partial charge in [0.1, 0.15) is 12.4 Å². The molecule has 0 spiro atoms. The molecule has 5 nitrogen and oxygen atoms in total. The first-order chi connectivity index (χ1) is 10.0. The smallest absolute Gasteiger partial charge is 0.301 e. The lowest BCUT2D eigenvalue weighted by Gasteiger charge is -2.26. The van der Waals surface area contributed by atoms with Gasteiger partial charge in [-0.05, 0) is 31.0 Å². The number of hydrogen-bond acceptors (Lipinski definition) is 3. The summed E-state index contributed by atoms with van der Waals surface area (Å²) in [5, 5.41) is 8.58. The first kappa shape index (κ1) is 15.8. The van der Waals surface area contributed by atoms with Crippen molar-refractivity contribution in [1.29, 1.82) is 0 Å². The largest absolute Gasteiger partial charge is 0.384 e. The van der Waals surface area contributed by atoms with Gasteiger partial charge in [-0.15, -0.1) is 0 Å². The topological polar surface area (TPSA) is 69.6 Å². The molecule has 0 aromatic heterocycles. The summed E-state index contributed by atoms with van der Waals surface area (Å²) in [5.41, 5.74) is 0.276. The summed E-state index contributed by atoms with van der Waals surface area (Å²) < 4.78 is 41.8. The quantitative estimate of drug-likeness (QED) is 0.827. The van der Waals surface area contributed by atoms with Crippen molar-refractivity contribution in [3.05, 3.63) is 29.6 Å². The summed E-state index contributed by atoms with van der Waals surface area (Å²) in [6.07, 6.45) is 2.70. The maximum Gasteiger partial charge on any atom is 0.301 e. The fraction of sp³-hybridized carbons (Fsp3) is 0.429. The third-order valence-electron chi connectivity index (χ3n) is 3.17. The Morgan fingerprint density at radius 1 is 1.29 bits per heavy atom. The van der Waals surface area contributed by atoms with E-state index in [-0.39, 0.29) is 17.9 Å². The van der Waals surface area contributed by atoms with Crippen LogP contribution in [0.4, 0.5) is 10.1 Å². The predicted molar refractivity (Wildman–Crippen MR) is 78.3 cm³/mol. The number of rotatable bonds is 3. The first-order valence-corrected chi connectivity index (χ1v) is 8.14. The van der Waals surface area contributed by atoms with Crippen molar-refractivity contribution in [2.24, 2.45) is 0 Å². The molecule has 0 atom stereocenters. The second-order valence-electron chi connectivity index (χ2n) is 4.72. The monoisotopic (exact) mass is 312 g/mol. The predicted octanol–water partition coefficient (Wildman–Crippen LogP) is 1.31. The van der Waals surface area contributed by atoms with E-state index in [0.29, 0.717) is 13.1 Å². The molecule has 2 rings (SSSR count). The van der Waals surface area contributed by atoms with Gasteiger partial charge in [0.25, 0.3) is 0 Å². The summed E-state index contributed by atoms with van der Waals surface area (Å²) in [7, 11) is -3.64. The average molecular weight is 312 g/mol. The zero-order valence-electron chi connectivity index (χ0n) is 11.5. The Morgan fingerprint density at radius 3 is 2.62 bits per heavy atom. The van der Waals surface area contributed by atoms with Gasteiger partial charge in [0.15, 0.2) is 0 Å². The molecule has 114 valence electrons. The molecule has 7 heteroatoms. The zero-order valence-corrected chi connectivity index (χ0v) is 12.3. The van der Waals surface area contributed by atoms with Crippen molar-refractivity contribution >= 4 is 15.9 Å². The minimum atomic E-state index is -3.64. The van der Waals surface area contributed by atoms with Crippen molar-refractivity contribution in [3.8, 4) is 11.8 Å². The second kappa shape index (κ2) is 6.89. The standard InChI is InChI=1S/C14H17FN2O3S/c15-14-11-13(7-6-12(14)5-4-10-18)16-21(19,20)17-8-2-1-3-9-17/h6-7,11,16,18H,1-3,8-10H2. The van der Waals surface area contributed by atoms with Gasteiger partial charge in [-0.2, -0.15) is 12.7 Å². The van der Waals surface area contributed by atoms with Crippen LogP contribution in [0.15, 0.2) is 18.2 Å². The third-order valence-corrected chi connectivity index (χ3v) is 4.71. The lowest BCUT2D eigenvalue weighted by atomic mass is 10.2. The Kier molecular flexibility index (Phi) is 5.17. The number of nitrogens with zero attached hydrogens (tertiary/aromatic N) is 1. The maximum absolute atomic E-state index is 13.8. The Hall–Kier alpha value is -1.62. The fourth-order valence-corrected chi connectivity index (χ4v) is 3.43. The van der Waals surface area contributed by atoms with E-state index in [2.05, 4.69) is 16.6 Å². The summed E-state index contributed by atoms with van der Waals surface area (Å²) in [4.78, 5) is 0. The number of anilines is 1. The highest BCUT2D eigenvalue weighted by Gasteiger charge is 2.23. The van der Waals surface area contributed by atoms with Crippen LogP contribution in [0, 0.1) is 17.7 Å². The van der Waals surface area contributed by atoms with Gasteiger partial charge in [-0.1, -0.05) is 18.3 Å². The van der Waals surface area contributed by atoms with Crippen LogP contribution in [0.3, 0.4) is 0 Å². The molecule has 1 saturated heterocycles. The van der Waals surface area contributed by atoms with Gasteiger partial charge in [-0.25, -0.2) is 4.39 Å². The molecule has 1 aliphatic heterocycles. The minimum Gasteiger partial charge on any atom is -0.384 e. The number of aliphatic hydroxyl groups excluding tert-OH is 1. The van der Waals surface area contributed by atoms with E-state index < -0.39 is 16.0 Å². The SMILES string of the molecule is O=S(=O)(Nc1ccc(C#CCO)c(F)c1)N1CCCCC1. The van der Waals surface area contributed by atoms with E-state index in [0.717, 1.165) is 25.3 Å². The van der Waals surface area contributed by atoms with Gasteiger partial charge in [-0.3, -0.25) is 4.72 Å². The third kappa shape index (κ3) is 4.17. The Bertz CT molecular complexity index is 659. The van der Waals surface area contributed by atoms with Crippen LogP contribution < -0.4 is 4.72 Å². The normalized spacial score (nSPS) is 16.1. The van der Waals surface area contributed by atoms with E-state index in [9.17, 15) is 12.8 Å². The van der Waals surface area contributed by atoms with E-state index in [1.807, 2.05) is 0 Å². The van der Waals surface area contributed by atoms with Gasteiger partial charge >= 0.3 is 10.2 Å². The molecule has 21 heavy (non-hydrogen) atoms. The zero-order chi connectivity index (χ0) is 15.3. The second-order valence-corrected chi connectivity index (χ2v) is 6.39. The number of benzene rings is 1. The summed E-state index contributed by atoms with van der Waals surface area (Å²) >= 11 is 0. The molecule has 0 amide bonds. The molecular weight excluding hydrogens is 295 g/mol. The van der Waals surface area contributed by atoms with Crippen LogP contribution >= 0.6 is 0 Å². The van der Waals surface area contributed by atoms with Crippen LogP contribution in [0.1, 0.15) is 24.8 Å². The molecule has 0 saturated carbocycles.